The summed E-state index contributed by atoms with van der Waals surface area (Å²) in [5, 5.41) is 0. The minimum Gasteiger partial charge on any atom is -0.370 e. The molecule has 0 aromatic carbocycles. The molecule has 0 amide bonds. The number of guanidine groups is 1. The van der Waals surface area contributed by atoms with Gasteiger partial charge in [-0.15, -0.1) is 0 Å². The Kier molecular flexibility index (Phi) is 4.02. The lowest BCUT2D eigenvalue weighted by molar-refractivity contribution is 0.189. The molecule has 1 aliphatic rings. The first-order chi connectivity index (χ1) is 6.18. The molecule has 1 heterocycles. The fourth-order valence-corrected chi connectivity index (χ4v) is 1.81. The van der Waals surface area contributed by atoms with Crippen LogP contribution in [0.1, 0.15) is 19.8 Å². The molecule has 0 saturated carbocycles. The van der Waals surface area contributed by atoms with Gasteiger partial charge in [0.2, 0.25) is 0 Å². The third-order valence-corrected chi connectivity index (χ3v) is 2.45. The predicted octanol–water partition coefficient (Wildman–Crippen LogP) is -0.00830. The molecule has 1 fully saturated rings. The Morgan fingerprint density at radius 2 is 2.31 bits per heavy atom. The van der Waals surface area contributed by atoms with Gasteiger partial charge in [0.15, 0.2) is 5.96 Å². The Bertz CT molecular complexity index is 174. The van der Waals surface area contributed by atoms with Gasteiger partial charge >= 0.3 is 0 Å². The van der Waals surface area contributed by atoms with E-state index in [-0.39, 0.29) is 5.96 Å². The summed E-state index contributed by atoms with van der Waals surface area (Å²) in [7, 11) is 0. The highest BCUT2D eigenvalue weighted by Crippen LogP contribution is 2.14. The van der Waals surface area contributed by atoms with Crippen molar-refractivity contribution in [3.05, 3.63) is 0 Å². The van der Waals surface area contributed by atoms with Crippen LogP contribution in [-0.2, 0) is 0 Å². The van der Waals surface area contributed by atoms with E-state index in [1.54, 1.807) is 0 Å². The second kappa shape index (κ2) is 5.07. The maximum atomic E-state index is 5.24. The lowest BCUT2D eigenvalue weighted by atomic mass is 10.0. The third-order valence-electron chi connectivity index (χ3n) is 2.45. The molecule has 1 atom stereocenters. The molecule has 0 aliphatic carbocycles. The molecule has 1 unspecified atom stereocenters. The van der Waals surface area contributed by atoms with E-state index in [0.717, 1.165) is 19.0 Å². The van der Waals surface area contributed by atoms with E-state index < -0.39 is 0 Å². The van der Waals surface area contributed by atoms with Crippen molar-refractivity contribution < 1.29 is 0 Å². The van der Waals surface area contributed by atoms with Gasteiger partial charge in [-0.2, -0.15) is 0 Å². The molecule has 0 radical (unpaired) electrons. The average Bonchev–Trinajstić information content (AvgIpc) is 2.03. The molecular formula is C9H20N4. The normalized spacial score (nSPS) is 24.2. The van der Waals surface area contributed by atoms with E-state index in [1.165, 1.54) is 25.9 Å². The highest BCUT2D eigenvalue weighted by Gasteiger charge is 2.14. The first kappa shape index (κ1) is 10.3. The number of hydrogen-bond donors (Lipinski definition) is 2. The quantitative estimate of drug-likeness (QED) is 0.479. The van der Waals surface area contributed by atoms with Crippen LogP contribution in [0.5, 0.6) is 0 Å². The van der Waals surface area contributed by atoms with E-state index in [9.17, 15) is 0 Å². The van der Waals surface area contributed by atoms with E-state index in [2.05, 4.69) is 16.8 Å². The van der Waals surface area contributed by atoms with E-state index in [1.807, 2.05) is 0 Å². The zero-order valence-electron chi connectivity index (χ0n) is 8.37. The molecule has 4 N–H and O–H groups in total. The smallest absolute Gasteiger partial charge is 0.185 e. The van der Waals surface area contributed by atoms with Gasteiger partial charge in [0, 0.05) is 13.1 Å². The van der Waals surface area contributed by atoms with Crippen LogP contribution in [0, 0.1) is 5.92 Å². The molecule has 1 saturated heterocycles. The number of piperidine rings is 1. The molecule has 13 heavy (non-hydrogen) atoms. The second-order valence-electron chi connectivity index (χ2n) is 3.85. The molecule has 76 valence electrons. The first-order valence-corrected chi connectivity index (χ1v) is 4.96. The molecule has 1 rings (SSSR count). The fraction of sp³-hybridized carbons (Fsp3) is 0.889. The number of aliphatic imine (C=N–C) groups is 1. The van der Waals surface area contributed by atoms with Crippen LogP contribution in [0.4, 0.5) is 0 Å². The molecule has 4 heteroatoms. The van der Waals surface area contributed by atoms with Gasteiger partial charge in [-0.25, -0.2) is 0 Å². The van der Waals surface area contributed by atoms with Gasteiger partial charge in [0.05, 0.1) is 6.54 Å². The monoisotopic (exact) mass is 184 g/mol. The van der Waals surface area contributed by atoms with Gasteiger partial charge in [0.25, 0.3) is 0 Å². The number of likely N-dealkylation sites (tertiary alicyclic amines) is 1. The zero-order chi connectivity index (χ0) is 9.68. The van der Waals surface area contributed by atoms with Crippen LogP contribution in [0.3, 0.4) is 0 Å². The summed E-state index contributed by atoms with van der Waals surface area (Å²) >= 11 is 0. The van der Waals surface area contributed by atoms with Crippen molar-refractivity contribution >= 4 is 5.96 Å². The largest absolute Gasteiger partial charge is 0.370 e. The summed E-state index contributed by atoms with van der Waals surface area (Å²) in [5.41, 5.74) is 10.5. The first-order valence-electron chi connectivity index (χ1n) is 4.96. The van der Waals surface area contributed by atoms with Crippen LogP contribution < -0.4 is 11.5 Å². The minimum atomic E-state index is 0.199. The van der Waals surface area contributed by atoms with Gasteiger partial charge in [0.1, 0.15) is 0 Å². The van der Waals surface area contributed by atoms with Crippen molar-refractivity contribution in [1.29, 1.82) is 0 Å². The van der Waals surface area contributed by atoms with E-state index >= 15 is 0 Å². The van der Waals surface area contributed by atoms with Crippen LogP contribution in [0.15, 0.2) is 4.99 Å². The van der Waals surface area contributed by atoms with E-state index in [0.29, 0.717) is 0 Å². The molecule has 1 aliphatic heterocycles. The number of nitrogens with zero attached hydrogens (tertiary/aromatic N) is 2. The molecule has 0 bridgehead atoms. The Balaban J connectivity index is 2.17. The molecule has 0 aromatic heterocycles. The standard InChI is InChI=1S/C9H20N4/c1-8-3-2-5-13(7-8)6-4-12-9(10)11/h8H,2-7H2,1H3,(H4,10,11,12). The fourth-order valence-electron chi connectivity index (χ4n) is 1.81. The average molecular weight is 184 g/mol. The van der Waals surface area contributed by atoms with Crippen molar-refractivity contribution in [1.82, 2.24) is 4.90 Å². The number of nitrogens with two attached hydrogens (primary N) is 2. The molecule has 4 nitrogen and oxygen atoms in total. The Morgan fingerprint density at radius 1 is 1.54 bits per heavy atom. The van der Waals surface area contributed by atoms with Crippen molar-refractivity contribution in [3.63, 3.8) is 0 Å². The Morgan fingerprint density at radius 3 is 2.92 bits per heavy atom. The van der Waals surface area contributed by atoms with Gasteiger partial charge in [-0.3, -0.25) is 4.99 Å². The van der Waals surface area contributed by atoms with Crippen molar-refractivity contribution in [3.8, 4) is 0 Å². The zero-order valence-corrected chi connectivity index (χ0v) is 8.37. The lowest BCUT2D eigenvalue weighted by Crippen LogP contribution is -2.36. The van der Waals surface area contributed by atoms with Gasteiger partial charge in [-0.05, 0) is 25.3 Å². The Hall–Kier alpha value is -0.770. The molecular weight excluding hydrogens is 164 g/mol. The summed E-state index contributed by atoms with van der Waals surface area (Å²) in [5.74, 6) is 1.03. The van der Waals surface area contributed by atoms with Gasteiger partial charge < -0.3 is 16.4 Å². The highest BCUT2D eigenvalue weighted by molar-refractivity contribution is 5.75. The lowest BCUT2D eigenvalue weighted by Gasteiger charge is -2.30. The summed E-state index contributed by atoms with van der Waals surface area (Å²) in [4.78, 5) is 6.41. The summed E-state index contributed by atoms with van der Waals surface area (Å²) < 4.78 is 0. The van der Waals surface area contributed by atoms with Crippen molar-refractivity contribution in [2.24, 2.45) is 22.4 Å². The van der Waals surface area contributed by atoms with Gasteiger partial charge in [-0.1, -0.05) is 6.92 Å². The maximum Gasteiger partial charge on any atom is 0.185 e. The molecule has 0 aromatic rings. The second-order valence-corrected chi connectivity index (χ2v) is 3.85. The van der Waals surface area contributed by atoms with Crippen LogP contribution in [0.25, 0.3) is 0 Å². The Labute approximate surface area is 80.0 Å². The third kappa shape index (κ3) is 4.12. The maximum absolute atomic E-state index is 5.24. The predicted molar refractivity (Wildman–Crippen MR) is 55.5 cm³/mol. The highest BCUT2D eigenvalue weighted by atomic mass is 15.1. The number of rotatable bonds is 3. The van der Waals surface area contributed by atoms with Crippen LogP contribution in [0.2, 0.25) is 0 Å². The molecule has 0 spiro atoms. The summed E-state index contributed by atoms with van der Waals surface area (Å²) in [6.45, 7) is 6.41. The van der Waals surface area contributed by atoms with Crippen LogP contribution in [-0.4, -0.2) is 37.0 Å². The SMILES string of the molecule is CC1CCCN(CCN=C(N)N)C1. The topological polar surface area (TPSA) is 67.6 Å². The van der Waals surface area contributed by atoms with Crippen molar-refractivity contribution in [2.75, 3.05) is 26.2 Å². The van der Waals surface area contributed by atoms with Crippen molar-refractivity contribution in [2.45, 2.75) is 19.8 Å². The van der Waals surface area contributed by atoms with E-state index in [4.69, 9.17) is 11.5 Å². The van der Waals surface area contributed by atoms with Crippen LogP contribution >= 0.6 is 0 Å². The minimum absolute atomic E-state index is 0.199. The summed E-state index contributed by atoms with van der Waals surface area (Å²) in [6, 6.07) is 0. The number of hydrogen-bond acceptors (Lipinski definition) is 2. The summed E-state index contributed by atoms with van der Waals surface area (Å²) in [6.07, 6.45) is 2.67.